The molecule has 1 aliphatic rings. The summed E-state index contributed by atoms with van der Waals surface area (Å²) in [6, 6.07) is 19.9. The number of hydrogen-bond acceptors (Lipinski definition) is 4. The largest absolute Gasteiger partial charge is 0.460 e. The number of rotatable bonds is 4. The van der Waals surface area contributed by atoms with Gasteiger partial charge in [0.2, 0.25) is 0 Å². The van der Waals surface area contributed by atoms with Crippen LogP contribution in [0.2, 0.25) is 5.02 Å². The molecule has 1 aliphatic heterocycles. The number of furan rings is 1. The van der Waals surface area contributed by atoms with Crippen molar-refractivity contribution < 1.29 is 4.42 Å². The molecule has 0 amide bonds. The lowest BCUT2D eigenvalue weighted by Crippen LogP contribution is -2.30. The highest BCUT2D eigenvalue weighted by atomic mass is 79.9. The molecule has 0 unspecified atom stereocenters. The van der Waals surface area contributed by atoms with Gasteiger partial charge in [0, 0.05) is 51.9 Å². The molecule has 0 aliphatic carbocycles. The maximum absolute atomic E-state index is 6.09. The summed E-state index contributed by atoms with van der Waals surface area (Å²) in [6.45, 7) is 2.54. The molecule has 2 aromatic carbocycles. The number of halogens is 2. The van der Waals surface area contributed by atoms with E-state index in [0.717, 1.165) is 64.7 Å². The first-order chi connectivity index (χ1) is 14.6. The van der Waals surface area contributed by atoms with E-state index < -0.39 is 0 Å². The molecule has 0 atom stereocenters. The molecule has 6 heteroatoms. The molecular formula is C24H19BrClN3O. The quantitative estimate of drug-likeness (QED) is 0.340. The normalized spacial score (nSPS) is 13.9. The molecule has 0 fully saturated rings. The zero-order valence-corrected chi connectivity index (χ0v) is 18.5. The van der Waals surface area contributed by atoms with E-state index in [2.05, 4.69) is 44.0 Å². The van der Waals surface area contributed by atoms with Crippen molar-refractivity contribution in [2.24, 2.45) is 0 Å². The van der Waals surface area contributed by atoms with Crippen molar-refractivity contribution in [1.29, 1.82) is 0 Å². The molecule has 0 spiro atoms. The van der Waals surface area contributed by atoms with Crippen LogP contribution in [0.5, 0.6) is 0 Å². The van der Waals surface area contributed by atoms with Crippen molar-refractivity contribution >= 4 is 27.5 Å². The highest BCUT2D eigenvalue weighted by molar-refractivity contribution is 9.10. The maximum Gasteiger partial charge on any atom is 0.159 e. The molecule has 5 rings (SSSR count). The van der Waals surface area contributed by atoms with Gasteiger partial charge in [0.1, 0.15) is 11.5 Å². The van der Waals surface area contributed by atoms with E-state index in [4.69, 9.17) is 21.0 Å². The molecule has 0 saturated heterocycles. The second-order valence-electron chi connectivity index (χ2n) is 7.41. The Bertz CT molecular complexity index is 1170. The van der Waals surface area contributed by atoms with Crippen LogP contribution in [0, 0.1) is 0 Å². The lowest BCUT2D eigenvalue weighted by molar-refractivity contribution is 0.224. The lowest BCUT2D eigenvalue weighted by Gasteiger charge is -2.27. The molecule has 4 aromatic rings. The van der Waals surface area contributed by atoms with E-state index in [1.54, 1.807) is 0 Å². The first kappa shape index (κ1) is 19.5. The lowest BCUT2D eigenvalue weighted by atomic mass is 10.1. The fourth-order valence-electron chi connectivity index (χ4n) is 3.70. The summed E-state index contributed by atoms with van der Waals surface area (Å²) in [4.78, 5) is 11.7. The third-order valence-corrected chi connectivity index (χ3v) is 6.07. The van der Waals surface area contributed by atoms with Crippen molar-refractivity contribution in [3.05, 3.63) is 93.4 Å². The maximum atomic E-state index is 6.09. The van der Waals surface area contributed by atoms with Crippen LogP contribution in [-0.2, 0) is 19.5 Å². The van der Waals surface area contributed by atoms with Gasteiger partial charge in [-0.25, -0.2) is 9.97 Å². The monoisotopic (exact) mass is 479 g/mol. The van der Waals surface area contributed by atoms with Gasteiger partial charge >= 0.3 is 0 Å². The van der Waals surface area contributed by atoms with E-state index in [0.29, 0.717) is 5.02 Å². The van der Waals surface area contributed by atoms with Crippen molar-refractivity contribution in [2.75, 3.05) is 6.54 Å². The molecule has 0 saturated carbocycles. The van der Waals surface area contributed by atoms with Crippen LogP contribution in [0.4, 0.5) is 0 Å². The number of hydrogen-bond donors (Lipinski definition) is 0. The Hall–Kier alpha value is -2.47. The average Bonchev–Trinajstić information content (AvgIpc) is 3.23. The first-order valence-corrected chi connectivity index (χ1v) is 11.0. The van der Waals surface area contributed by atoms with Crippen LogP contribution in [0.25, 0.3) is 22.7 Å². The predicted molar refractivity (Wildman–Crippen MR) is 122 cm³/mol. The van der Waals surface area contributed by atoms with Gasteiger partial charge in [0.15, 0.2) is 5.82 Å². The van der Waals surface area contributed by atoms with E-state index in [1.165, 1.54) is 5.56 Å². The molecular weight excluding hydrogens is 462 g/mol. The van der Waals surface area contributed by atoms with Gasteiger partial charge in [-0.15, -0.1) is 0 Å². The van der Waals surface area contributed by atoms with Gasteiger partial charge in [-0.05, 0) is 48.5 Å². The Morgan fingerprint density at radius 3 is 2.53 bits per heavy atom. The Balaban J connectivity index is 1.28. The van der Waals surface area contributed by atoms with Crippen molar-refractivity contribution in [1.82, 2.24) is 14.9 Å². The fraction of sp³-hybridized carbons (Fsp3) is 0.167. The molecule has 0 N–H and O–H groups in total. The predicted octanol–water partition coefficient (Wildman–Crippen LogP) is 6.38. The number of fused-ring (bicyclic) bond motifs is 1. The summed E-state index contributed by atoms with van der Waals surface area (Å²) < 4.78 is 7.15. The van der Waals surface area contributed by atoms with Crippen LogP contribution in [-0.4, -0.2) is 21.4 Å². The van der Waals surface area contributed by atoms with Gasteiger partial charge in [-0.2, -0.15) is 0 Å². The number of aromatic nitrogens is 2. The Labute approximate surface area is 188 Å². The molecule has 0 bridgehead atoms. The smallest absolute Gasteiger partial charge is 0.159 e. The fourth-order valence-corrected chi connectivity index (χ4v) is 4.09. The summed E-state index contributed by atoms with van der Waals surface area (Å²) in [7, 11) is 0. The van der Waals surface area contributed by atoms with E-state index in [1.807, 2.05) is 48.7 Å². The zero-order chi connectivity index (χ0) is 20.5. The van der Waals surface area contributed by atoms with Gasteiger partial charge in [-0.1, -0.05) is 39.7 Å². The standard InChI is InChI=1S/C24H19BrClN3O/c25-19-5-1-16(2-6-19)23-10-9-21(30-23)15-29-12-11-22-18(14-29)13-27-24(28-22)17-3-7-20(26)8-4-17/h1-10,13H,11-12,14-15H2. The Morgan fingerprint density at radius 2 is 1.73 bits per heavy atom. The van der Waals surface area contributed by atoms with Gasteiger partial charge < -0.3 is 4.42 Å². The van der Waals surface area contributed by atoms with E-state index in [9.17, 15) is 0 Å². The summed E-state index contributed by atoms with van der Waals surface area (Å²) in [5, 5.41) is 0.716. The number of benzene rings is 2. The minimum atomic E-state index is 0.716. The van der Waals surface area contributed by atoms with Crippen LogP contribution in [0.1, 0.15) is 17.0 Å². The topological polar surface area (TPSA) is 42.2 Å². The minimum absolute atomic E-state index is 0.716. The minimum Gasteiger partial charge on any atom is -0.460 e. The van der Waals surface area contributed by atoms with Crippen LogP contribution in [0.15, 0.2) is 75.8 Å². The number of nitrogens with zero attached hydrogens (tertiary/aromatic N) is 3. The molecule has 4 nitrogen and oxygen atoms in total. The molecule has 150 valence electrons. The van der Waals surface area contributed by atoms with Gasteiger partial charge in [0.25, 0.3) is 0 Å². The Kier molecular flexibility index (Phi) is 5.42. The van der Waals surface area contributed by atoms with Crippen LogP contribution >= 0.6 is 27.5 Å². The second kappa shape index (κ2) is 8.34. The van der Waals surface area contributed by atoms with Gasteiger partial charge in [0.05, 0.1) is 12.2 Å². The summed E-state index contributed by atoms with van der Waals surface area (Å²) in [5.74, 6) is 2.62. The van der Waals surface area contributed by atoms with Crippen LogP contribution in [0.3, 0.4) is 0 Å². The van der Waals surface area contributed by atoms with Crippen LogP contribution < -0.4 is 0 Å². The highest BCUT2D eigenvalue weighted by Gasteiger charge is 2.20. The third-order valence-electron chi connectivity index (χ3n) is 5.29. The first-order valence-electron chi connectivity index (χ1n) is 9.82. The highest BCUT2D eigenvalue weighted by Crippen LogP contribution is 2.27. The van der Waals surface area contributed by atoms with Gasteiger partial charge in [-0.3, -0.25) is 4.90 Å². The van der Waals surface area contributed by atoms with E-state index in [-0.39, 0.29) is 0 Å². The Morgan fingerprint density at radius 1 is 0.967 bits per heavy atom. The average molecular weight is 481 g/mol. The summed E-state index contributed by atoms with van der Waals surface area (Å²) in [5.41, 5.74) is 4.37. The molecule has 30 heavy (non-hydrogen) atoms. The summed E-state index contributed by atoms with van der Waals surface area (Å²) in [6.07, 6.45) is 2.85. The molecule has 2 aromatic heterocycles. The zero-order valence-electron chi connectivity index (χ0n) is 16.2. The van der Waals surface area contributed by atoms with Crippen molar-refractivity contribution in [3.63, 3.8) is 0 Å². The molecule has 3 heterocycles. The van der Waals surface area contributed by atoms with Crippen molar-refractivity contribution in [3.8, 4) is 22.7 Å². The van der Waals surface area contributed by atoms with Crippen molar-refractivity contribution in [2.45, 2.75) is 19.5 Å². The summed E-state index contributed by atoms with van der Waals surface area (Å²) >= 11 is 9.45. The van der Waals surface area contributed by atoms with E-state index >= 15 is 0 Å². The third kappa shape index (κ3) is 4.19. The SMILES string of the molecule is Clc1ccc(-c2ncc3c(n2)CCN(Cc2ccc(-c4ccc(Br)cc4)o2)C3)cc1. The molecule has 0 radical (unpaired) electrons. The second-order valence-corrected chi connectivity index (χ2v) is 8.76.